The van der Waals surface area contributed by atoms with Gasteiger partial charge in [-0.25, -0.2) is 20.8 Å². The van der Waals surface area contributed by atoms with Gasteiger partial charge < -0.3 is 10.9 Å². The number of hydrogen-bond acceptors (Lipinski definition) is 6. The van der Waals surface area contributed by atoms with E-state index in [0.29, 0.717) is 11.6 Å². The first-order valence-electron chi connectivity index (χ1n) is 7.28. The van der Waals surface area contributed by atoms with E-state index in [1.807, 2.05) is 36.4 Å². The van der Waals surface area contributed by atoms with Gasteiger partial charge >= 0.3 is 0 Å². The van der Waals surface area contributed by atoms with Gasteiger partial charge in [-0.2, -0.15) is 0 Å². The monoisotopic (exact) mass is 284 g/mol. The summed E-state index contributed by atoms with van der Waals surface area (Å²) in [5.41, 5.74) is 6.93. The molecule has 1 aromatic carbocycles. The summed E-state index contributed by atoms with van der Waals surface area (Å²) < 4.78 is 0. The van der Waals surface area contributed by atoms with Gasteiger partial charge in [0.15, 0.2) is 5.82 Å². The van der Waals surface area contributed by atoms with Crippen LogP contribution in [0.15, 0.2) is 36.4 Å². The molecule has 2 heterocycles. The van der Waals surface area contributed by atoms with Crippen LogP contribution >= 0.6 is 0 Å². The lowest BCUT2D eigenvalue weighted by Gasteiger charge is -2.27. The van der Waals surface area contributed by atoms with E-state index in [1.165, 1.54) is 19.3 Å². The number of hydrogen-bond donors (Lipinski definition) is 3. The lowest BCUT2D eigenvalue weighted by atomic mass is 10.2. The van der Waals surface area contributed by atoms with Crippen LogP contribution in [0.4, 0.5) is 11.6 Å². The molecule has 110 valence electrons. The number of piperidine rings is 1. The highest BCUT2D eigenvalue weighted by atomic mass is 15.5. The molecular formula is C15H20N6. The Morgan fingerprint density at radius 2 is 1.67 bits per heavy atom. The fraction of sp³-hybridized carbons (Fsp3) is 0.333. The van der Waals surface area contributed by atoms with Crippen molar-refractivity contribution in [3.63, 3.8) is 0 Å². The van der Waals surface area contributed by atoms with Gasteiger partial charge in [0.05, 0.1) is 0 Å². The minimum atomic E-state index is 0.600. The Kier molecular flexibility index (Phi) is 4.28. The number of benzene rings is 1. The largest absolute Gasteiger partial charge is 0.308 e. The summed E-state index contributed by atoms with van der Waals surface area (Å²) in [5, 5.41) is 2.20. The maximum absolute atomic E-state index is 5.52. The van der Waals surface area contributed by atoms with Crippen molar-refractivity contribution in [1.29, 1.82) is 0 Å². The van der Waals surface area contributed by atoms with Crippen LogP contribution in [-0.2, 0) is 0 Å². The van der Waals surface area contributed by atoms with Gasteiger partial charge in [-0.3, -0.25) is 0 Å². The predicted octanol–water partition coefficient (Wildman–Crippen LogP) is 2.24. The number of aromatic nitrogens is 2. The molecule has 1 aromatic heterocycles. The molecule has 6 heteroatoms. The molecule has 6 nitrogen and oxygen atoms in total. The molecule has 21 heavy (non-hydrogen) atoms. The van der Waals surface area contributed by atoms with Crippen LogP contribution in [0.2, 0.25) is 0 Å². The molecule has 0 radical (unpaired) electrons. The first-order chi connectivity index (χ1) is 10.3. The number of anilines is 2. The highest BCUT2D eigenvalue weighted by Gasteiger charge is 2.12. The second-order valence-electron chi connectivity index (χ2n) is 5.13. The van der Waals surface area contributed by atoms with Gasteiger partial charge in [-0.1, -0.05) is 36.8 Å². The third-order valence-corrected chi connectivity index (χ3v) is 3.53. The number of nitrogens with zero attached hydrogens (tertiary/aromatic N) is 3. The Hall–Kier alpha value is -2.18. The Balaban J connectivity index is 1.86. The molecule has 1 aliphatic heterocycles. The Morgan fingerprint density at radius 1 is 0.952 bits per heavy atom. The van der Waals surface area contributed by atoms with Crippen molar-refractivity contribution >= 4 is 11.6 Å². The predicted molar refractivity (Wildman–Crippen MR) is 84.3 cm³/mol. The molecule has 0 unspecified atom stereocenters. The normalized spacial score (nSPS) is 15.7. The number of nitrogens with two attached hydrogens (primary N) is 1. The second kappa shape index (κ2) is 6.51. The maximum Gasteiger partial charge on any atom is 0.163 e. The van der Waals surface area contributed by atoms with Crippen molar-refractivity contribution < 1.29 is 0 Å². The third kappa shape index (κ3) is 3.48. The maximum atomic E-state index is 5.52. The van der Waals surface area contributed by atoms with E-state index in [0.717, 1.165) is 24.5 Å². The van der Waals surface area contributed by atoms with Crippen LogP contribution < -0.4 is 16.7 Å². The lowest BCUT2D eigenvalue weighted by Crippen LogP contribution is -2.35. The molecule has 2 aromatic rings. The van der Waals surface area contributed by atoms with Gasteiger partial charge in [-0.05, 0) is 12.8 Å². The topological polar surface area (TPSA) is 79.1 Å². The first kappa shape index (κ1) is 13.8. The van der Waals surface area contributed by atoms with Crippen molar-refractivity contribution in [3.05, 3.63) is 36.4 Å². The first-order valence-corrected chi connectivity index (χ1v) is 7.28. The fourth-order valence-electron chi connectivity index (χ4n) is 2.46. The summed E-state index contributed by atoms with van der Waals surface area (Å²) in [6.07, 6.45) is 3.73. The summed E-state index contributed by atoms with van der Waals surface area (Å²) in [7, 11) is 0. The molecular weight excluding hydrogens is 264 g/mol. The van der Waals surface area contributed by atoms with E-state index >= 15 is 0 Å². The zero-order chi connectivity index (χ0) is 14.5. The van der Waals surface area contributed by atoms with Crippen LogP contribution in [0, 0.1) is 0 Å². The molecule has 1 fully saturated rings. The molecule has 0 amide bonds. The molecule has 0 saturated carbocycles. The molecule has 3 rings (SSSR count). The molecule has 0 aliphatic carbocycles. The second-order valence-corrected chi connectivity index (χ2v) is 5.13. The van der Waals surface area contributed by atoms with Crippen molar-refractivity contribution in [3.8, 4) is 11.4 Å². The minimum Gasteiger partial charge on any atom is -0.308 e. The summed E-state index contributed by atoms with van der Waals surface area (Å²) >= 11 is 0. The fourth-order valence-corrected chi connectivity index (χ4v) is 2.46. The van der Waals surface area contributed by atoms with Crippen LogP contribution in [0.25, 0.3) is 11.4 Å². The van der Waals surface area contributed by atoms with Crippen LogP contribution in [-0.4, -0.2) is 28.1 Å². The van der Waals surface area contributed by atoms with Crippen LogP contribution in [0.5, 0.6) is 0 Å². The van der Waals surface area contributed by atoms with Crippen molar-refractivity contribution in [1.82, 2.24) is 15.0 Å². The number of nitrogen functional groups attached to an aromatic ring is 1. The van der Waals surface area contributed by atoms with E-state index in [1.54, 1.807) is 0 Å². The third-order valence-electron chi connectivity index (χ3n) is 3.53. The van der Waals surface area contributed by atoms with E-state index < -0.39 is 0 Å². The smallest absolute Gasteiger partial charge is 0.163 e. The van der Waals surface area contributed by atoms with Crippen molar-refractivity contribution in [2.24, 2.45) is 5.84 Å². The van der Waals surface area contributed by atoms with E-state index in [-0.39, 0.29) is 0 Å². The minimum absolute atomic E-state index is 0.600. The van der Waals surface area contributed by atoms with E-state index in [2.05, 4.69) is 25.8 Å². The van der Waals surface area contributed by atoms with Crippen LogP contribution in [0.3, 0.4) is 0 Å². The highest BCUT2D eigenvalue weighted by molar-refractivity contribution is 5.60. The van der Waals surface area contributed by atoms with E-state index in [9.17, 15) is 0 Å². The Labute approximate surface area is 124 Å². The summed E-state index contributed by atoms with van der Waals surface area (Å²) in [4.78, 5) is 9.00. The zero-order valence-electron chi connectivity index (χ0n) is 11.9. The highest BCUT2D eigenvalue weighted by Crippen LogP contribution is 2.20. The van der Waals surface area contributed by atoms with Crippen molar-refractivity contribution in [2.45, 2.75) is 19.3 Å². The number of nitrogens with one attached hydrogen (secondary N) is 2. The summed E-state index contributed by atoms with van der Waals surface area (Å²) in [5.74, 6) is 7.54. The molecule has 0 bridgehead atoms. The quantitative estimate of drug-likeness (QED) is 0.590. The van der Waals surface area contributed by atoms with Crippen molar-refractivity contribution in [2.75, 3.05) is 23.9 Å². The number of hydrazine groups is 2. The van der Waals surface area contributed by atoms with Crippen LogP contribution in [0.1, 0.15) is 19.3 Å². The van der Waals surface area contributed by atoms with Gasteiger partial charge in [0.2, 0.25) is 0 Å². The lowest BCUT2D eigenvalue weighted by molar-refractivity contribution is 0.272. The molecule has 0 spiro atoms. The SMILES string of the molecule is NNc1cc(NN2CCCCC2)nc(-c2ccccc2)n1. The molecule has 1 aliphatic rings. The van der Waals surface area contributed by atoms with Gasteiger partial charge in [0, 0.05) is 24.7 Å². The average molecular weight is 284 g/mol. The van der Waals surface area contributed by atoms with E-state index in [4.69, 9.17) is 5.84 Å². The standard InChI is InChI=1S/C15H20N6/c16-19-13-11-14(20-21-9-5-2-6-10-21)18-15(17-13)12-7-3-1-4-8-12/h1,3-4,7-8,11H,2,5-6,9-10,16H2,(H2,17,18,19,20). The van der Waals surface area contributed by atoms with Gasteiger partial charge in [-0.15, -0.1) is 0 Å². The zero-order valence-corrected chi connectivity index (χ0v) is 11.9. The Morgan fingerprint density at radius 3 is 2.38 bits per heavy atom. The number of rotatable bonds is 4. The Bertz CT molecular complexity index is 580. The molecule has 4 N–H and O–H groups in total. The average Bonchev–Trinajstić information content (AvgIpc) is 2.56. The molecule has 0 atom stereocenters. The summed E-state index contributed by atoms with van der Waals surface area (Å²) in [6, 6.07) is 11.7. The van der Waals surface area contributed by atoms with Gasteiger partial charge in [0.25, 0.3) is 0 Å². The molecule has 1 saturated heterocycles. The van der Waals surface area contributed by atoms with Gasteiger partial charge in [0.1, 0.15) is 11.6 Å². The summed E-state index contributed by atoms with van der Waals surface area (Å²) in [6.45, 7) is 2.08.